The van der Waals surface area contributed by atoms with Gasteiger partial charge in [-0.1, -0.05) is 48.0 Å². The minimum Gasteiger partial charge on any atom is -0.491 e. The number of carboxylic acids is 1. The van der Waals surface area contributed by atoms with Crippen LogP contribution >= 0.6 is 23.1 Å². The molecular formula is C41H39ClF4N6O5S. The van der Waals surface area contributed by atoms with E-state index in [1.807, 2.05) is 13.0 Å². The van der Waals surface area contributed by atoms with Crippen LogP contribution in [0.3, 0.4) is 0 Å². The highest BCUT2D eigenvalue weighted by Gasteiger charge is 2.30. The number of likely N-dealkylation sites (N-methyl/N-ethyl adjacent to an activating group) is 1. The van der Waals surface area contributed by atoms with Gasteiger partial charge in [-0.15, -0.1) is 0 Å². The Bertz CT molecular complexity index is 2400. The molecule has 11 nitrogen and oxygen atoms in total. The van der Waals surface area contributed by atoms with Crippen LogP contribution in [0.1, 0.15) is 16.8 Å². The molecule has 0 unspecified atom stereocenters. The Labute approximate surface area is 340 Å². The maximum absolute atomic E-state index is 14.7. The fraction of sp³-hybridized carbons (Fsp3) is 0.317. The average molecular weight is 839 g/mol. The topological polar surface area (TPSA) is 115 Å². The number of alkyl halides is 3. The number of hydrogen-bond donors (Lipinski definition) is 1. The first kappa shape index (κ1) is 40.9. The molecule has 304 valence electrons. The monoisotopic (exact) mass is 838 g/mol. The Morgan fingerprint density at radius 1 is 1.02 bits per heavy atom. The van der Waals surface area contributed by atoms with E-state index in [4.69, 9.17) is 30.8 Å². The van der Waals surface area contributed by atoms with Gasteiger partial charge in [0.1, 0.15) is 37.1 Å². The van der Waals surface area contributed by atoms with Gasteiger partial charge in [-0.25, -0.2) is 9.18 Å². The van der Waals surface area contributed by atoms with Gasteiger partial charge in [-0.05, 0) is 72.5 Å². The lowest BCUT2D eigenvalue weighted by Gasteiger charge is -2.32. The molecule has 1 N–H and O–H groups in total. The lowest BCUT2D eigenvalue weighted by Crippen LogP contribution is -2.45. The number of ether oxygens (including phenoxy) is 3. The second kappa shape index (κ2) is 17.7. The number of para-hydroxylation sites is 1. The normalized spacial score (nSPS) is 14.5. The van der Waals surface area contributed by atoms with Gasteiger partial charge in [-0.3, -0.25) is 14.6 Å². The molecule has 0 aliphatic carbocycles. The zero-order valence-corrected chi connectivity index (χ0v) is 33.1. The summed E-state index contributed by atoms with van der Waals surface area (Å²) in [5.41, 5.74) is 3.28. The van der Waals surface area contributed by atoms with Crippen molar-refractivity contribution in [2.45, 2.75) is 38.8 Å². The molecule has 58 heavy (non-hydrogen) atoms. The highest BCUT2D eigenvalue weighted by molar-refractivity contribution is 7.13. The molecule has 0 saturated carbocycles. The number of halogens is 5. The summed E-state index contributed by atoms with van der Waals surface area (Å²) in [4.78, 5) is 22.2. The Morgan fingerprint density at radius 3 is 2.57 bits per heavy atom. The van der Waals surface area contributed by atoms with Crippen LogP contribution in [0.2, 0.25) is 5.02 Å². The van der Waals surface area contributed by atoms with Crippen molar-refractivity contribution < 1.29 is 41.7 Å². The first-order chi connectivity index (χ1) is 27.8. The fourth-order valence-electron chi connectivity index (χ4n) is 6.78. The van der Waals surface area contributed by atoms with Crippen LogP contribution in [0.15, 0.2) is 79.1 Å². The Hall–Kier alpha value is -5.29. The van der Waals surface area contributed by atoms with Gasteiger partial charge in [0.05, 0.1) is 26.5 Å². The molecule has 6 aromatic rings. The maximum atomic E-state index is 14.7. The van der Waals surface area contributed by atoms with Crippen molar-refractivity contribution in [1.29, 1.82) is 0 Å². The van der Waals surface area contributed by atoms with Crippen molar-refractivity contribution in [2.24, 2.45) is 0 Å². The SMILES string of the molecule is Cc1c(-c2c(-c3cccc(F)c3)ncc3snc(O[C@H](Cc4ccccc4OCc4ccnn4CC(F)(F)F)C(=O)O)c23)ccc(OCCN2CCN(C)CC2)c1Cl. The smallest absolute Gasteiger partial charge is 0.408 e. The molecule has 0 amide bonds. The molecule has 0 spiro atoms. The fourth-order valence-corrected chi connectivity index (χ4v) is 7.70. The van der Waals surface area contributed by atoms with Gasteiger partial charge in [-0.2, -0.15) is 22.6 Å². The number of nitrogens with zero attached hydrogens (tertiary/aromatic N) is 6. The van der Waals surface area contributed by atoms with Crippen LogP contribution in [0.4, 0.5) is 17.6 Å². The second-order valence-electron chi connectivity index (χ2n) is 13.9. The van der Waals surface area contributed by atoms with Crippen LogP contribution < -0.4 is 14.2 Å². The third-order valence-electron chi connectivity index (χ3n) is 9.88. The van der Waals surface area contributed by atoms with Gasteiger partial charge in [0.15, 0.2) is 0 Å². The standard InChI is InChI=1S/C41H39ClF4N6O5S/c1-25-30(10-11-32(37(25)42)55-19-18-51-16-14-50(2)15-17-51)35-36-34(22-47-38(35)27-7-5-8-28(43)20-27)58-49-39(36)57-33(40(53)54)21-26-6-3-4-9-31(26)56-23-29-12-13-48-52(29)24-41(44,45)46/h3-13,20,22,33H,14-19,21,23-24H2,1-2H3,(H,53,54)/t33-/m1/s1. The van der Waals surface area contributed by atoms with E-state index in [0.717, 1.165) is 48.9 Å². The largest absolute Gasteiger partial charge is 0.491 e. The summed E-state index contributed by atoms with van der Waals surface area (Å²) in [6.07, 6.45) is -3.32. The highest BCUT2D eigenvalue weighted by Crippen LogP contribution is 2.46. The van der Waals surface area contributed by atoms with E-state index < -0.39 is 30.6 Å². The van der Waals surface area contributed by atoms with Gasteiger partial charge in [0.2, 0.25) is 12.0 Å². The summed E-state index contributed by atoms with van der Waals surface area (Å²) in [5.74, 6) is -0.992. The number of carbonyl (C=O) groups is 1. The predicted octanol–water partition coefficient (Wildman–Crippen LogP) is 8.16. The number of benzene rings is 3. The summed E-state index contributed by atoms with van der Waals surface area (Å²) in [6.45, 7) is 5.38. The number of piperazine rings is 1. The van der Waals surface area contributed by atoms with Crippen molar-refractivity contribution in [3.05, 3.63) is 107 Å². The number of pyridine rings is 1. The molecule has 17 heteroatoms. The Kier molecular flexibility index (Phi) is 12.5. The molecule has 7 rings (SSSR count). The van der Waals surface area contributed by atoms with Gasteiger partial charge < -0.3 is 24.2 Å². The van der Waals surface area contributed by atoms with Crippen molar-refractivity contribution in [2.75, 3.05) is 46.4 Å². The molecule has 1 saturated heterocycles. The van der Waals surface area contributed by atoms with Crippen molar-refractivity contribution >= 4 is 39.2 Å². The predicted molar refractivity (Wildman–Crippen MR) is 212 cm³/mol. The van der Waals surface area contributed by atoms with Crippen molar-refractivity contribution in [3.8, 4) is 39.8 Å². The minimum absolute atomic E-state index is 0.0138. The van der Waals surface area contributed by atoms with E-state index in [2.05, 4.69) is 26.3 Å². The molecule has 0 bridgehead atoms. The summed E-state index contributed by atoms with van der Waals surface area (Å²) < 4.78 is 78.2. The third-order valence-corrected chi connectivity index (χ3v) is 11.1. The zero-order chi connectivity index (χ0) is 41.0. The number of aromatic nitrogens is 4. The van der Waals surface area contributed by atoms with Crippen LogP contribution in [0.5, 0.6) is 17.4 Å². The first-order valence-electron chi connectivity index (χ1n) is 18.4. The molecule has 1 atom stereocenters. The average Bonchev–Trinajstić information content (AvgIpc) is 3.81. The lowest BCUT2D eigenvalue weighted by atomic mass is 9.93. The van der Waals surface area contributed by atoms with Crippen LogP contribution in [-0.2, 0) is 24.4 Å². The summed E-state index contributed by atoms with van der Waals surface area (Å²) in [6, 6.07) is 17.6. The zero-order valence-electron chi connectivity index (χ0n) is 31.5. The third kappa shape index (κ3) is 9.52. The van der Waals surface area contributed by atoms with E-state index in [1.54, 1.807) is 48.7 Å². The van der Waals surface area contributed by atoms with Crippen molar-refractivity contribution in [1.82, 2.24) is 28.9 Å². The molecule has 3 aromatic carbocycles. The van der Waals surface area contributed by atoms with Crippen LogP contribution in [-0.4, -0.2) is 98.7 Å². The summed E-state index contributed by atoms with van der Waals surface area (Å²) in [7, 11) is 2.10. The molecular weight excluding hydrogens is 800 g/mol. The van der Waals surface area contributed by atoms with E-state index in [0.29, 0.717) is 61.0 Å². The van der Waals surface area contributed by atoms with E-state index in [-0.39, 0.29) is 30.4 Å². The van der Waals surface area contributed by atoms with E-state index in [9.17, 15) is 27.5 Å². The second-order valence-corrected chi connectivity index (χ2v) is 15.1. The quantitative estimate of drug-likeness (QED) is 0.102. The van der Waals surface area contributed by atoms with Gasteiger partial charge in [0, 0.05) is 62.7 Å². The molecule has 0 radical (unpaired) electrons. The first-order valence-corrected chi connectivity index (χ1v) is 19.5. The molecule has 1 fully saturated rings. The summed E-state index contributed by atoms with van der Waals surface area (Å²) >= 11 is 8.05. The van der Waals surface area contributed by atoms with Crippen LogP contribution in [0, 0.1) is 12.7 Å². The van der Waals surface area contributed by atoms with E-state index in [1.165, 1.54) is 24.4 Å². The van der Waals surface area contributed by atoms with E-state index >= 15 is 0 Å². The molecule has 4 heterocycles. The lowest BCUT2D eigenvalue weighted by molar-refractivity contribution is -0.145. The Balaban J connectivity index is 1.20. The number of hydrogen-bond acceptors (Lipinski definition) is 10. The van der Waals surface area contributed by atoms with Gasteiger partial charge >= 0.3 is 12.1 Å². The van der Waals surface area contributed by atoms with Crippen molar-refractivity contribution in [3.63, 3.8) is 0 Å². The van der Waals surface area contributed by atoms with Gasteiger partial charge in [0.25, 0.3) is 0 Å². The van der Waals surface area contributed by atoms with Crippen LogP contribution in [0.25, 0.3) is 32.5 Å². The molecule has 3 aromatic heterocycles. The highest BCUT2D eigenvalue weighted by atomic mass is 35.5. The minimum atomic E-state index is -4.48. The maximum Gasteiger partial charge on any atom is 0.408 e. The Morgan fingerprint density at radius 2 is 1.81 bits per heavy atom. The molecule has 1 aliphatic rings. The number of aliphatic carboxylic acids is 1. The number of fused-ring (bicyclic) bond motifs is 1. The molecule has 1 aliphatic heterocycles. The summed E-state index contributed by atoms with van der Waals surface area (Å²) in [5, 5.41) is 15.0. The number of rotatable bonds is 15. The number of carboxylic acid groups (broad SMARTS) is 1.